The molecule has 2 rings (SSSR count). The quantitative estimate of drug-likeness (QED) is 0.445. The molecule has 0 saturated carbocycles. The van der Waals surface area contributed by atoms with Crippen molar-refractivity contribution >= 4 is 21.4 Å². The largest absolute Gasteiger partial charge is 0.228 e. The summed E-state index contributed by atoms with van der Waals surface area (Å²) >= 11 is 5.95. The molecule has 2 bridgehead atoms. The van der Waals surface area contributed by atoms with Crippen molar-refractivity contribution < 1.29 is 8.42 Å². The van der Waals surface area contributed by atoms with Gasteiger partial charge >= 0.3 is 0 Å². The Kier molecular flexibility index (Phi) is 1.96. The topological polar surface area (TPSA) is 34.1 Å². The third kappa shape index (κ3) is 1.11. The standard InChI is InChI=1S/C8H11ClO2S/c9-7-5-4-6-2-1-3-8(7)12(6,10)11/h1-2,6-8H,3-5H2/t6?,7-,8?/m1/s1. The summed E-state index contributed by atoms with van der Waals surface area (Å²) < 4.78 is 23.3. The summed E-state index contributed by atoms with van der Waals surface area (Å²) in [4.78, 5) is 0. The van der Waals surface area contributed by atoms with Crippen LogP contribution in [0, 0.1) is 0 Å². The maximum atomic E-state index is 11.7. The number of fused-ring (bicyclic) bond motifs is 2. The van der Waals surface area contributed by atoms with Crippen LogP contribution in [0.1, 0.15) is 19.3 Å². The first-order valence-corrected chi connectivity index (χ1v) is 6.20. The van der Waals surface area contributed by atoms with E-state index in [1.807, 2.05) is 12.2 Å². The highest BCUT2D eigenvalue weighted by Crippen LogP contribution is 2.35. The van der Waals surface area contributed by atoms with E-state index in [-0.39, 0.29) is 15.9 Å². The zero-order chi connectivity index (χ0) is 8.77. The van der Waals surface area contributed by atoms with Crippen LogP contribution in [0.15, 0.2) is 12.2 Å². The molecule has 0 aromatic carbocycles. The van der Waals surface area contributed by atoms with Crippen LogP contribution < -0.4 is 0 Å². The van der Waals surface area contributed by atoms with Gasteiger partial charge in [-0.2, -0.15) is 0 Å². The normalized spacial score (nSPS) is 44.2. The lowest BCUT2D eigenvalue weighted by Gasteiger charge is -2.33. The van der Waals surface area contributed by atoms with E-state index in [4.69, 9.17) is 11.6 Å². The number of sulfone groups is 1. The smallest absolute Gasteiger partial charge is 0.161 e. The lowest BCUT2D eigenvalue weighted by molar-refractivity contribution is 0.519. The minimum Gasteiger partial charge on any atom is -0.228 e. The Bertz CT molecular complexity index is 307. The number of rotatable bonds is 0. The van der Waals surface area contributed by atoms with Crippen LogP contribution in [-0.4, -0.2) is 24.3 Å². The van der Waals surface area contributed by atoms with Gasteiger partial charge in [-0.1, -0.05) is 12.2 Å². The van der Waals surface area contributed by atoms with Gasteiger partial charge in [-0.3, -0.25) is 0 Å². The molecule has 3 atom stereocenters. The maximum absolute atomic E-state index is 11.7. The third-order valence-corrected chi connectivity index (χ3v) is 5.97. The fraction of sp³-hybridized carbons (Fsp3) is 0.750. The number of allylic oxidation sites excluding steroid dienone is 1. The minimum atomic E-state index is -2.93. The Hall–Kier alpha value is -0.0200. The Labute approximate surface area is 77.5 Å². The van der Waals surface area contributed by atoms with Crippen LogP contribution in [-0.2, 0) is 9.84 Å². The van der Waals surface area contributed by atoms with Crippen molar-refractivity contribution in [1.82, 2.24) is 0 Å². The van der Waals surface area contributed by atoms with Crippen molar-refractivity contribution in [2.24, 2.45) is 0 Å². The van der Waals surface area contributed by atoms with Gasteiger partial charge in [0.2, 0.25) is 0 Å². The van der Waals surface area contributed by atoms with E-state index in [0.29, 0.717) is 12.8 Å². The minimum absolute atomic E-state index is 0.170. The first-order valence-electron chi connectivity index (χ1n) is 4.16. The molecule has 1 saturated heterocycles. The van der Waals surface area contributed by atoms with Crippen molar-refractivity contribution in [3.8, 4) is 0 Å². The average Bonchev–Trinajstić information content (AvgIpc) is 1.95. The zero-order valence-corrected chi connectivity index (χ0v) is 8.18. The van der Waals surface area contributed by atoms with Crippen molar-refractivity contribution in [2.75, 3.05) is 0 Å². The van der Waals surface area contributed by atoms with Crippen LogP contribution in [0.4, 0.5) is 0 Å². The monoisotopic (exact) mass is 206 g/mol. The molecule has 12 heavy (non-hydrogen) atoms. The van der Waals surface area contributed by atoms with Crippen molar-refractivity contribution in [2.45, 2.75) is 35.1 Å². The fourth-order valence-corrected chi connectivity index (χ4v) is 4.79. The lowest BCUT2D eigenvalue weighted by atomic mass is 10.0. The Morgan fingerprint density at radius 2 is 2.08 bits per heavy atom. The highest BCUT2D eigenvalue weighted by molar-refractivity contribution is 7.93. The molecule has 2 aliphatic rings. The Balaban J connectivity index is 2.44. The maximum Gasteiger partial charge on any atom is 0.161 e. The molecule has 1 fully saturated rings. The van der Waals surface area contributed by atoms with Gasteiger partial charge in [0.05, 0.1) is 15.9 Å². The summed E-state index contributed by atoms with van der Waals surface area (Å²) in [6, 6.07) is 0. The summed E-state index contributed by atoms with van der Waals surface area (Å²) in [5, 5.41) is -0.731. The van der Waals surface area contributed by atoms with E-state index >= 15 is 0 Å². The molecule has 2 nitrogen and oxygen atoms in total. The summed E-state index contributed by atoms with van der Waals surface area (Å²) in [6.45, 7) is 0. The Morgan fingerprint density at radius 1 is 1.33 bits per heavy atom. The second-order valence-corrected chi connectivity index (χ2v) is 6.37. The summed E-state index contributed by atoms with van der Waals surface area (Å²) in [5.74, 6) is 0. The number of alkyl halides is 1. The zero-order valence-electron chi connectivity index (χ0n) is 6.61. The molecule has 2 aliphatic heterocycles. The van der Waals surface area contributed by atoms with E-state index in [0.717, 1.165) is 6.42 Å². The van der Waals surface area contributed by atoms with Crippen LogP contribution in [0.25, 0.3) is 0 Å². The van der Waals surface area contributed by atoms with Crippen LogP contribution in [0.2, 0.25) is 0 Å². The molecule has 0 aliphatic carbocycles. The van der Waals surface area contributed by atoms with E-state index in [1.165, 1.54) is 0 Å². The molecule has 0 aromatic rings. The number of hydrogen-bond donors (Lipinski definition) is 0. The van der Waals surface area contributed by atoms with Crippen LogP contribution >= 0.6 is 11.6 Å². The van der Waals surface area contributed by atoms with E-state index in [2.05, 4.69) is 0 Å². The van der Waals surface area contributed by atoms with Gasteiger partial charge < -0.3 is 0 Å². The molecule has 0 spiro atoms. The average molecular weight is 207 g/mol. The second-order valence-electron chi connectivity index (χ2n) is 3.42. The molecular formula is C8H11ClO2S. The number of hydrogen-bond acceptors (Lipinski definition) is 2. The van der Waals surface area contributed by atoms with Gasteiger partial charge in [0.1, 0.15) is 0 Å². The first-order chi connectivity index (χ1) is 5.62. The molecule has 0 N–H and O–H groups in total. The van der Waals surface area contributed by atoms with E-state index in [9.17, 15) is 8.42 Å². The highest BCUT2D eigenvalue weighted by atomic mass is 35.5. The van der Waals surface area contributed by atoms with Crippen LogP contribution in [0.3, 0.4) is 0 Å². The third-order valence-electron chi connectivity index (χ3n) is 2.69. The van der Waals surface area contributed by atoms with Gasteiger partial charge in [-0.25, -0.2) is 8.42 Å². The van der Waals surface area contributed by atoms with Gasteiger partial charge in [0.25, 0.3) is 0 Å². The summed E-state index contributed by atoms with van der Waals surface area (Å²) in [6.07, 6.45) is 5.90. The summed E-state index contributed by atoms with van der Waals surface area (Å²) in [5.41, 5.74) is 0. The molecule has 2 unspecified atom stereocenters. The van der Waals surface area contributed by atoms with E-state index in [1.54, 1.807) is 0 Å². The molecule has 68 valence electrons. The molecule has 2 heterocycles. The van der Waals surface area contributed by atoms with Crippen LogP contribution in [0.5, 0.6) is 0 Å². The summed E-state index contributed by atoms with van der Waals surface area (Å²) in [7, 11) is -2.93. The second kappa shape index (κ2) is 2.74. The number of halogens is 1. The van der Waals surface area contributed by atoms with Crippen molar-refractivity contribution in [3.05, 3.63) is 12.2 Å². The first kappa shape index (κ1) is 8.57. The molecule has 0 aromatic heterocycles. The molecule has 4 heteroatoms. The fourth-order valence-electron chi connectivity index (χ4n) is 1.96. The SMILES string of the molecule is O=S1(=O)C2C=CCC1[C@H](Cl)CC2. The predicted molar refractivity (Wildman–Crippen MR) is 49.1 cm³/mol. The van der Waals surface area contributed by atoms with Gasteiger partial charge in [-0.05, 0) is 19.3 Å². The predicted octanol–water partition coefficient (Wildman–Crippen LogP) is 1.50. The molecule has 0 amide bonds. The van der Waals surface area contributed by atoms with Gasteiger partial charge in [0, 0.05) is 0 Å². The van der Waals surface area contributed by atoms with Crippen molar-refractivity contribution in [3.63, 3.8) is 0 Å². The Morgan fingerprint density at radius 3 is 2.75 bits per heavy atom. The lowest BCUT2D eigenvalue weighted by Crippen LogP contribution is -2.43. The van der Waals surface area contributed by atoms with Gasteiger partial charge in [-0.15, -0.1) is 11.6 Å². The van der Waals surface area contributed by atoms with Crippen molar-refractivity contribution in [1.29, 1.82) is 0 Å². The van der Waals surface area contributed by atoms with E-state index < -0.39 is 9.84 Å². The molecule has 0 radical (unpaired) electrons. The van der Waals surface area contributed by atoms with Gasteiger partial charge in [0.15, 0.2) is 9.84 Å². The highest BCUT2D eigenvalue weighted by Gasteiger charge is 2.42. The molecular weight excluding hydrogens is 196 g/mol.